The average molecular weight is 338 g/mol. The number of hydrogen-bond acceptors (Lipinski definition) is 5. The summed E-state index contributed by atoms with van der Waals surface area (Å²) in [6.45, 7) is 4.09. The highest BCUT2D eigenvalue weighted by atomic mass is 16.7. The smallest absolute Gasteiger partial charge is 0.288 e. The first-order chi connectivity index (χ1) is 11.7. The Morgan fingerprint density at radius 3 is 2.71 bits per heavy atom. The molecule has 0 aromatic carbocycles. The van der Waals surface area contributed by atoms with Crippen LogP contribution in [0.15, 0.2) is 11.8 Å². The Balaban J connectivity index is 1.58. The van der Waals surface area contributed by atoms with Crippen LogP contribution in [0.2, 0.25) is 0 Å². The molecule has 136 valence electrons. The molecule has 2 atom stereocenters. The molecule has 1 amide bonds. The highest BCUT2D eigenvalue weighted by Crippen LogP contribution is 2.43. The van der Waals surface area contributed by atoms with Crippen molar-refractivity contribution in [1.82, 2.24) is 9.80 Å². The summed E-state index contributed by atoms with van der Waals surface area (Å²) in [5.74, 6) is 1.58. The van der Waals surface area contributed by atoms with E-state index in [1.165, 1.54) is 12.8 Å². The number of likely N-dealkylation sites (N-methyl/N-ethyl adjacent to an activating group) is 1. The second-order valence-electron chi connectivity index (χ2n) is 7.21. The van der Waals surface area contributed by atoms with Crippen molar-refractivity contribution < 1.29 is 19.4 Å². The first-order valence-corrected chi connectivity index (χ1v) is 9.26. The Hall–Kier alpha value is -1.11. The molecule has 2 heterocycles. The summed E-state index contributed by atoms with van der Waals surface area (Å²) in [5.41, 5.74) is 0. The van der Waals surface area contributed by atoms with E-state index in [1.807, 2.05) is 11.0 Å². The molecule has 1 saturated heterocycles. The van der Waals surface area contributed by atoms with E-state index in [0.717, 1.165) is 45.4 Å². The highest BCUT2D eigenvalue weighted by Gasteiger charge is 2.38. The number of ether oxygens (including phenoxy) is 2. The first kappa shape index (κ1) is 17.7. The summed E-state index contributed by atoms with van der Waals surface area (Å²) in [5, 5.41) is 8.85. The lowest BCUT2D eigenvalue weighted by atomic mass is 9.96. The molecule has 0 aromatic heterocycles. The zero-order chi connectivity index (χ0) is 16.9. The molecule has 0 aromatic rings. The number of hydrogen-bond donors (Lipinski definition) is 1. The van der Waals surface area contributed by atoms with Crippen molar-refractivity contribution >= 4 is 5.91 Å². The van der Waals surface area contributed by atoms with Crippen LogP contribution in [0.3, 0.4) is 0 Å². The van der Waals surface area contributed by atoms with E-state index in [0.29, 0.717) is 24.2 Å². The minimum absolute atomic E-state index is 0.0115. The molecule has 0 bridgehead atoms. The van der Waals surface area contributed by atoms with E-state index in [9.17, 15) is 4.79 Å². The third-order valence-corrected chi connectivity index (χ3v) is 5.17. The highest BCUT2D eigenvalue weighted by molar-refractivity contribution is 5.91. The van der Waals surface area contributed by atoms with Crippen molar-refractivity contribution in [1.29, 1.82) is 0 Å². The molecule has 3 aliphatic rings. The van der Waals surface area contributed by atoms with Gasteiger partial charge in [-0.2, -0.15) is 0 Å². The zero-order valence-electron chi connectivity index (χ0n) is 14.7. The molecular weight excluding hydrogens is 308 g/mol. The van der Waals surface area contributed by atoms with Gasteiger partial charge in [0.25, 0.3) is 5.91 Å². The molecule has 0 radical (unpaired) electrons. The average Bonchev–Trinajstić information content (AvgIpc) is 3.44. The Morgan fingerprint density at radius 1 is 1.29 bits per heavy atom. The molecule has 6 nitrogen and oxygen atoms in total. The number of nitrogens with zero attached hydrogens (tertiary/aromatic N) is 2. The van der Waals surface area contributed by atoms with Gasteiger partial charge < -0.3 is 24.4 Å². The van der Waals surface area contributed by atoms with Gasteiger partial charge in [-0.15, -0.1) is 0 Å². The van der Waals surface area contributed by atoms with Crippen LogP contribution in [0.1, 0.15) is 32.1 Å². The van der Waals surface area contributed by atoms with Crippen LogP contribution in [-0.2, 0) is 14.3 Å². The molecule has 0 spiro atoms. The summed E-state index contributed by atoms with van der Waals surface area (Å²) in [6, 6.07) is 0. The fourth-order valence-electron chi connectivity index (χ4n) is 3.38. The van der Waals surface area contributed by atoms with Crippen molar-refractivity contribution in [2.75, 3.05) is 46.4 Å². The Bertz CT molecular complexity index is 456. The topological polar surface area (TPSA) is 62.2 Å². The Kier molecular flexibility index (Phi) is 6.14. The maximum Gasteiger partial charge on any atom is 0.288 e. The summed E-state index contributed by atoms with van der Waals surface area (Å²) >= 11 is 0. The lowest BCUT2D eigenvalue weighted by molar-refractivity contribution is -0.156. The molecule has 1 saturated carbocycles. The molecule has 1 N–H and O–H groups in total. The van der Waals surface area contributed by atoms with E-state index in [-0.39, 0.29) is 18.8 Å². The zero-order valence-corrected chi connectivity index (χ0v) is 14.7. The van der Waals surface area contributed by atoms with Gasteiger partial charge in [0.15, 0.2) is 5.76 Å². The van der Waals surface area contributed by atoms with Gasteiger partial charge in [-0.05, 0) is 50.6 Å². The van der Waals surface area contributed by atoms with Crippen LogP contribution in [-0.4, -0.2) is 73.5 Å². The van der Waals surface area contributed by atoms with Gasteiger partial charge in [0.2, 0.25) is 6.29 Å². The van der Waals surface area contributed by atoms with Gasteiger partial charge in [-0.1, -0.05) is 0 Å². The quantitative estimate of drug-likeness (QED) is 0.707. The standard InChI is InChI=1S/C18H30N2O4/c1-19-6-8-20(9-7-19)18(22)16-12-15(14-4-5-14)13-17(24-16)23-11-3-2-10-21/h12,14-15,17,21H,2-11,13H2,1H3/t15-,17+/m1/s1. The van der Waals surface area contributed by atoms with Crippen molar-refractivity contribution in [3.05, 3.63) is 11.8 Å². The van der Waals surface area contributed by atoms with Gasteiger partial charge in [0.05, 0.1) is 6.61 Å². The van der Waals surface area contributed by atoms with Gasteiger partial charge in [0, 0.05) is 39.2 Å². The molecule has 24 heavy (non-hydrogen) atoms. The van der Waals surface area contributed by atoms with Crippen LogP contribution in [0.5, 0.6) is 0 Å². The van der Waals surface area contributed by atoms with Crippen molar-refractivity contribution in [2.45, 2.75) is 38.4 Å². The van der Waals surface area contributed by atoms with E-state index in [4.69, 9.17) is 14.6 Å². The second kappa shape index (κ2) is 8.32. The summed E-state index contributed by atoms with van der Waals surface area (Å²) in [4.78, 5) is 16.9. The number of carbonyl (C=O) groups excluding carboxylic acids is 1. The number of aliphatic hydroxyl groups excluding tert-OH is 1. The molecule has 3 rings (SSSR count). The fourth-order valence-corrected chi connectivity index (χ4v) is 3.38. The Morgan fingerprint density at radius 2 is 2.04 bits per heavy atom. The van der Waals surface area contributed by atoms with Gasteiger partial charge in [-0.3, -0.25) is 4.79 Å². The predicted molar refractivity (Wildman–Crippen MR) is 90.1 cm³/mol. The molecular formula is C18H30N2O4. The normalized spacial score (nSPS) is 28.4. The molecule has 6 heteroatoms. The summed E-state index contributed by atoms with van der Waals surface area (Å²) in [7, 11) is 2.08. The van der Waals surface area contributed by atoms with Crippen LogP contribution in [0.25, 0.3) is 0 Å². The number of piperazine rings is 1. The number of allylic oxidation sites excluding steroid dienone is 1. The van der Waals surface area contributed by atoms with E-state index in [2.05, 4.69) is 11.9 Å². The van der Waals surface area contributed by atoms with Crippen LogP contribution in [0, 0.1) is 11.8 Å². The minimum Gasteiger partial charge on any atom is -0.459 e. The molecule has 2 aliphatic heterocycles. The van der Waals surface area contributed by atoms with Crippen molar-refractivity contribution in [2.24, 2.45) is 11.8 Å². The lowest BCUT2D eigenvalue weighted by Crippen LogP contribution is -2.48. The predicted octanol–water partition coefficient (Wildman–Crippen LogP) is 1.21. The largest absolute Gasteiger partial charge is 0.459 e. The van der Waals surface area contributed by atoms with E-state index in [1.54, 1.807) is 0 Å². The number of aliphatic hydroxyl groups is 1. The lowest BCUT2D eigenvalue weighted by Gasteiger charge is -2.35. The van der Waals surface area contributed by atoms with E-state index < -0.39 is 0 Å². The fraction of sp³-hybridized carbons (Fsp3) is 0.833. The maximum absolute atomic E-state index is 12.8. The SMILES string of the molecule is CN1CCN(C(=O)C2=C[C@@H](C3CC3)C[C@@H](OCCCCO)O2)CC1. The number of unbranched alkanes of at least 4 members (excludes halogenated alkanes) is 1. The van der Waals surface area contributed by atoms with Gasteiger partial charge in [-0.25, -0.2) is 0 Å². The minimum atomic E-state index is -0.328. The molecule has 0 unspecified atom stereocenters. The van der Waals surface area contributed by atoms with Gasteiger partial charge in [0.1, 0.15) is 0 Å². The number of amides is 1. The van der Waals surface area contributed by atoms with Gasteiger partial charge >= 0.3 is 0 Å². The van der Waals surface area contributed by atoms with E-state index >= 15 is 0 Å². The summed E-state index contributed by atoms with van der Waals surface area (Å²) in [6.07, 6.45) is 6.60. The molecule has 1 aliphatic carbocycles. The van der Waals surface area contributed by atoms with Crippen LogP contribution < -0.4 is 0 Å². The first-order valence-electron chi connectivity index (χ1n) is 9.26. The van der Waals surface area contributed by atoms with Crippen LogP contribution in [0.4, 0.5) is 0 Å². The number of carbonyl (C=O) groups is 1. The summed E-state index contributed by atoms with van der Waals surface area (Å²) < 4.78 is 11.7. The third kappa shape index (κ3) is 4.71. The van der Waals surface area contributed by atoms with Crippen molar-refractivity contribution in [3.8, 4) is 0 Å². The van der Waals surface area contributed by atoms with Crippen LogP contribution >= 0.6 is 0 Å². The monoisotopic (exact) mass is 338 g/mol. The van der Waals surface area contributed by atoms with Crippen molar-refractivity contribution in [3.63, 3.8) is 0 Å². The number of rotatable bonds is 7. The molecule has 2 fully saturated rings. The third-order valence-electron chi connectivity index (χ3n) is 5.17. The second-order valence-corrected chi connectivity index (χ2v) is 7.21. The Labute approximate surface area is 144 Å². The maximum atomic E-state index is 12.8.